The molecule has 2 nitrogen and oxygen atoms in total. The molecule has 0 unspecified atom stereocenters. The first-order chi connectivity index (χ1) is 6.86. The van der Waals surface area contributed by atoms with Gasteiger partial charge in [-0.05, 0) is 18.6 Å². The summed E-state index contributed by atoms with van der Waals surface area (Å²) in [6.45, 7) is 3.11. The predicted molar refractivity (Wildman–Crippen MR) is 66.2 cm³/mol. The van der Waals surface area contributed by atoms with E-state index in [-0.39, 0.29) is 0 Å². The van der Waals surface area contributed by atoms with Gasteiger partial charge < -0.3 is 5.32 Å². The number of hydrogen-bond acceptors (Lipinski definition) is 4. The summed E-state index contributed by atoms with van der Waals surface area (Å²) in [6.07, 6.45) is 1.84. The summed E-state index contributed by atoms with van der Waals surface area (Å²) in [6, 6.07) is 4.06. The van der Waals surface area contributed by atoms with Crippen molar-refractivity contribution in [2.75, 3.05) is 23.4 Å². The summed E-state index contributed by atoms with van der Waals surface area (Å²) < 4.78 is 0.705. The molecule has 14 heavy (non-hydrogen) atoms. The Bertz CT molecular complexity index is 298. The van der Waals surface area contributed by atoms with Gasteiger partial charge in [-0.1, -0.05) is 6.07 Å². The average molecular weight is 226 g/mol. The number of thioether (sulfide) groups is 2. The summed E-state index contributed by atoms with van der Waals surface area (Å²) >= 11 is 4.08. The van der Waals surface area contributed by atoms with Crippen molar-refractivity contribution in [3.05, 3.63) is 23.9 Å². The Morgan fingerprint density at radius 1 is 1.50 bits per heavy atom. The van der Waals surface area contributed by atoms with E-state index < -0.39 is 0 Å². The fourth-order valence-corrected chi connectivity index (χ4v) is 4.04. The summed E-state index contributed by atoms with van der Waals surface area (Å²) in [5, 5.41) is 3.40. The van der Waals surface area contributed by atoms with Gasteiger partial charge >= 0.3 is 0 Å². The van der Waals surface area contributed by atoms with Crippen LogP contribution in [0.4, 0.5) is 5.82 Å². The van der Waals surface area contributed by atoms with Crippen LogP contribution in [-0.2, 0) is 0 Å². The lowest BCUT2D eigenvalue weighted by Gasteiger charge is -2.11. The lowest BCUT2D eigenvalue weighted by atomic mass is 10.3. The van der Waals surface area contributed by atoms with E-state index in [1.165, 1.54) is 17.1 Å². The van der Waals surface area contributed by atoms with Crippen LogP contribution in [0.2, 0.25) is 0 Å². The molecule has 1 aromatic rings. The topological polar surface area (TPSA) is 24.9 Å². The molecular formula is C10H14N2S2. The van der Waals surface area contributed by atoms with Gasteiger partial charge in [-0.15, -0.1) is 23.5 Å². The minimum absolute atomic E-state index is 0.705. The standard InChI is InChI=1S/C10H14N2S2/c1-8-3-2-4-11-10(8)12-7-9-13-5-6-14-9/h2-4,9H,5-7H2,1H3,(H,11,12). The number of anilines is 1. The Kier molecular flexibility index (Phi) is 3.59. The molecule has 0 radical (unpaired) electrons. The van der Waals surface area contributed by atoms with Gasteiger partial charge in [-0.25, -0.2) is 4.98 Å². The smallest absolute Gasteiger partial charge is 0.128 e. The highest BCUT2D eigenvalue weighted by molar-refractivity contribution is 8.20. The van der Waals surface area contributed by atoms with E-state index in [0.717, 1.165) is 12.4 Å². The van der Waals surface area contributed by atoms with E-state index in [1.54, 1.807) is 0 Å². The molecule has 1 aliphatic heterocycles. The normalized spacial score (nSPS) is 17.2. The van der Waals surface area contributed by atoms with Gasteiger partial charge in [0.15, 0.2) is 0 Å². The Morgan fingerprint density at radius 3 is 3.00 bits per heavy atom. The lowest BCUT2D eigenvalue weighted by Crippen LogP contribution is -2.12. The van der Waals surface area contributed by atoms with Gasteiger partial charge in [0.05, 0.1) is 4.58 Å². The Hall–Kier alpha value is -0.350. The number of hydrogen-bond donors (Lipinski definition) is 1. The second-order valence-corrected chi connectivity index (χ2v) is 6.14. The third-order valence-corrected chi connectivity index (χ3v) is 5.17. The fourth-order valence-electron chi connectivity index (χ4n) is 1.38. The van der Waals surface area contributed by atoms with Crippen molar-refractivity contribution in [3.8, 4) is 0 Å². The number of aromatic nitrogens is 1. The lowest BCUT2D eigenvalue weighted by molar-refractivity contribution is 1.12. The van der Waals surface area contributed by atoms with E-state index in [4.69, 9.17) is 0 Å². The average Bonchev–Trinajstić information content (AvgIpc) is 2.69. The van der Waals surface area contributed by atoms with Gasteiger partial charge in [0.25, 0.3) is 0 Å². The maximum absolute atomic E-state index is 4.31. The molecule has 0 atom stereocenters. The van der Waals surface area contributed by atoms with E-state index >= 15 is 0 Å². The van der Waals surface area contributed by atoms with Crippen molar-refractivity contribution in [2.45, 2.75) is 11.5 Å². The predicted octanol–water partition coefficient (Wildman–Crippen LogP) is 2.61. The van der Waals surface area contributed by atoms with Crippen LogP contribution in [0.15, 0.2) is 18.3 Å². The highest BCUT2D eigenvalue weighted by atomic mass is 32.2. The molecule has 4 heteroatoms. The number of aryl methyl sites for hydroxylation is 1. The highest BCUT2D eigenvalue weighted by Gasteiger charge is 2.15. The largest absolute Gasteiger partial charge is 0.368 e. The monoisotopic (exact) mass is 226 g/mol. The van der Waals surface area contributed by atoms with Gasteiger partial charge in [0, 0.05) is 24.2 Å². The zero-order valence-corrected chi connectivity index (χ0v) is 9.83. The molecule has 0 aromatic carbocycles. The molecule has 1 aliphatic rings. The number of nitrogens with zero attached hydrogens (tertiary/aromatic N) is 1. The van der Waals surface area contributed by atoms with Crippen molar-refractivity contribution < 1.29 is 0 Å². The van der Waals surface area contributed by atoms with Gasteiger partial charge in [0.1, 0.15) is 5.82 Å². The van der Waals surface area contributed by atoms with Crippen LogP contribution in [-0.4, -0.2) is 27.6 Å². The quantitative estimate of drug-likeness (QED) is 0.856. The summed E-state index contributed by atoms with van der Waals surface area (Å²) in [7, 11) is 0. The first-order valence-corrected chi connectivity index (χ1v) is 6.85. The second-order valence-electron chi connectivity index (χ2n) is 3.22. The Labute approximate surface area is 93.3 Å². The van der Waals surface area contributed by atoms with Gasteiger partial charge in [0.2, 0.25) is 0 Å². The van der Waals surface area contributed by atoms with Crippen molar-refractivity contribution in [1.29, 1.82) is 0 Å². The van der Waals surface area contributed by atoms with E-state index in [9.17, 15) is 0 Å². The summed E-state index contributed by atoms with van der Waals surface area (Å²) in [5.74, 6) is 3.61. The van der Waals surface area contributed by atoms with E-state index in [2.05, 4.69) is 23.3 Å². The van der Waals surface area contributed by atoms with E-state index in [1.807, 2.05) is 35.8 Å². The maximum atomic E-state index is 4.31. The fraction of sp³-hybridized carbons (Fsp3) is 0.500. The van der Waals surface area contributed by atoms with Gasteiger partial charge in [-0.3, -0.25) is 0 Å². The molecule has 1 aromatic heterocycles. The minimum atomic E-state index is 0.705. The SMILES string of the molecule is Cc1cccnc1NCC1SCCS1. The molecule has 1 fully saturated rings. The van der Waals surface area contributed by atoms with Crippen molar-refractivity contribution in [1.82, 2.24) is 4.98 Å². The summed E-state index contributed by atoms with van der Waals surface area (Å²) in [5.41, 5.74) is 1.22. The third kappa shape index (κ3) is 2.58. The van der Waals surface area contributed by atoms with Gasteiger partial charge in [-0.2, -0.15) is 0 Å². The zero-order valence-electron chi connectivity index (χ0n) is 8.19. The molecule has 76 valence electrons. The molecule has 1 saturated heterocycles. The van der Waals surface area contributed by atoms with Crippen molar-refractivity contribution >= 4 is 29.3 Å². The van der Waals surface area contributed by atoms with Crippen molar-refractivity contribution in [3.63, 3.8) is 0 Å². The number of rotatable bonds is 3. The summed E-state index contributed by atoms with van der Waals surface area (Å²) in [4.78, 5) is 4.31. The van der Waals surface area contributed by atoms with Crippen LogP contribution in [0, 0.1) is 6.92 Å². The molecular weight excluding hydrogens is 212 g/mol. The molecule has 0 amide bonds. The first kappa shape index (κ1) is 10.2. The van der Waals surface area contributed by atoms with Crippen LogP contribution >= 0.6 is 23.5 Å². The maximum Gasteiger partial charge on any atom is 0.128 e. The second kappa shape index (κ2) is 4.94. The molecule has 0 spiro atoms. The first-order valence-electron chi connectivity index (χ1n) is 4.75. The molecule has 0 bridgehead atoms. The van der Waals surface area contributed by atoms with Crippen molar-refractivity contribution in [2.24, 2.45) is 0 Å². The van der Waals surface area contributed by atoms with Crippen LogP contribution in [0.5, 0.6) is 0 Å². The third-order valence-electron chi connectivity index (χ3n) is 2.14. The van der Waals surface area contributed by atoms with Crippen LogP contribution in [0.3, 0.4) is 0 Å². The van der Waals surface area contributed by atoms with Crippen LogP contribution in [0.1, 0.15) is 5.56 Å². The van der Waals surface area contributed by atoms with E-state index in [0.29, 0.717) is 4.58 Å². The molecule has 2 heterocycles. The van der Waals surface area contributed by atoms with Crippen LogP contribution in [0.25, 0.3) is 0 Å². The Morgan fingerprint density at radius 2 is 2.29 bits per heavy atom. The van der Waals surface area contributed by atoms with Crippen LogP contribution < -0.4 is 5.32 Å². The number of nitrogens with one attached hydrogen (secondary N) is 1. The highest BCUT2D eigenvalue weighted by Crippen LogP contribution is 2.31. The molecule has 1 N–H and O–H groups in total. The number of pyridine rings is 1. The molecule has 0 saturated carbocycles. The minimum Gasteiger partial charge on any atom is -0.368 e. The zero-order chi connectivity index (χ0) is 9.80. The molecule has 0 aliphatic carbocycles. The molecule has 2 rings (SSSR count). The Balaban J connectivity index is 1.88.